The van der Waals surface area contributed by atoms with Crippen LogP contribution >= 0.6 is 0 Å². The van der Waals surface area contributed by atoms with Crippen molar-refractivity contribution in [1.82, 2.24) is 10.2 Å². The number of urea groups is 1. The Kier molecular flexibility index (Phi) is 6.78. The average molecular weight is 314 g/mol. The van der Waals surface area contributed by atoms with Crippen LogP contribution in [0.3, 0.4) is 0 Å². The Labute approximate surface area is 136 Å². The maximum Gasteiger partial charge on any atom is 0.317 e. The van der Waals surface area contributed by atoms with E-state index in [1.54, 1.807) is 11.9 Å². The van der Waals surface area contributed by atoms with Crippen molar-refractivity contribution < 1.29 is 14.3 Å². The third kappa shape index (κ3) is 6.30. The number of para-hydroxylation sites is 2. The summed E-state index contributed by atoms with van der Waals surface area (Å²) in [4.78, 5) is 13.5. The predicted octanol–water partition coefficient (Wildman–Crippen LogP) is 2.79. The van der Waals surface area contributed by atoms with Crippen LogP contribution < -0.4 is 14.8 Å². The van der Waals surface area contributed by atoms with Crippen LogP contribution in [-0.4, -0.2) is 44.3 Å². The number of amides is 2. The third-order valence-corrected chi connectivity index (χ3v) is 3.18. The van der Waals surface area contributed by atoms with Crippen molar-refractivity contribution in [3.63, 3.8) is 0 Å². The average Bonchev–Trinajstić information content (AvgIpc) is 2.60. The molecule has 2 rings (SSSR count). The summed E-state index contributed by atoms with van der Waals surface area (Å²) in [5, 5.41) is 2.81. The van der Waals surface area contributed by atoms with Crippen LogP contribution in [-0.2, 0) is 0 Å². The van der Waals surface area contributed by atoms with Crippen molar-refractivity contribution in [1.29, 1.82) is 0 Å². The quantitative estimate of drug-likeness (QED) is 0.762. The molecule has 23 heavy (non-hydrogen) atoms. The fourth-order valence-corrected chi connectivity index (χ4v) is 1.90. The van der Waals surface area contributed by atoms with Crippen molar-refractivity contribution in [3.8, 4) is 11.5 Å². The van der Waals surface area contributed by atoms with E-state index in [4.69, 9.17) is 9.47 Å². The molecule has 122 valence electrons. The molecule has 0 saturated carbocycles. The fraction of sp³-hybridized carbons (Fsp3) is 0.278. The Bertz CT molecular complexity index is 575. The second-order valence-corrected chi connectivity index (χ2v) is 4.98. The molecular weight excluding hydrogens is 292 g/mol. The molecule has 2 amide bonds. The number of nitrogens with one attached hydrogen (secondary N) is 1. The molecule has 2 aromatic carbocycles. The van der Waals surface area contributed by atoms with E-state index in [9.17, 15) is 4.79 Å². The normalized spacial score (nSPS) is 9.96. The smallest absolute Gasteiger partial charge is 0.317 e. The number of hydrogen-bond acceptors (Lipinski definition) is 3. The predicted molar refractivity (Wildman–Crippen MR) is 89.9 cm³/mol. The molecule has 5 nitrogen and oxygen atoms in total. The van der Waals surface area contributed by atoms with Gasteiger partial charge in [0.15, 0.2) is 0 Å². The summed E-state index contributed by atoms with van der Waals surface area (Å²) in [7, 11) is 1.74. The summed E-state index contributed by atoms with van der Waals surface area (Å²) >= 11 is 0. The van der Waals surface area contributed by atoms with E-state index in [0.29, 0.717) is 26.3 Å². The topological polar surface area (TPSA) is 50.8 Å². The Morgan fingerprint density at radius 2 is 1.43 bits per heavy atom. The zero-order valence-electron chi connectivity index (χ0n) is 13.3. The molecule has 5 heteroatoms. The molecule has 0 aliphatic rings. The highest BCUT2D eigenvalue weighted by Gasteiger charge is 2.07. The van der Waals surface area contributed by atoms with Crippen LogP contribution in [0.5, 0.6) is 11.5 Å². The first kappa shape index (κ1) is 16.7. The molecule has 0 unspecified atom stereocenters. The number of ether oxygens (including phenoxy) is 2. The van der Waals surface area contributed by atoms with E-state index in [1.165, 1.54) is 0 Å². The molecular formula is C18H22N2O3. The van der Waals surface area contributed by atoms with E-state index in [2.05, 4.69) is 5.32 Å². The van der Waals surface area contributed by atoms with Gasteiger partial charge in [0.2, 0.25) is 0 Å². The van der Waals surface area contributed by atoms with Gasteiger partial charge in [0.1, 0.15) is 24.7 Å². The van der Waals surface area contributed by atoms with Gasteiger partial charge in [-0.2, -0.15) is 0 Å². The fourth-order valence-electron chi connectivity index (χ4n) is 1.90. The third-order valence-electron chi connectivity index (χ3n) is 3.18. The maximum absolute atomic E-state index is 11.9. The highest BCUT2D eigenvalue weighted by atomic mass is 16.5. The van der Waals surface area contributed by atoms with Gasteiger partial charge in [0, 0.05) is 7.05 Å². The van der Waals surface area contributed by atoms with E-state index >= 15 is 0 Å². The van der Waals surface area contributed by atoms with E-state index in [0.717, 1.165) is 11.5 Å². The minimum absolute atomic E-state index is 0.140. The van der Waals surface area contributed by atoms with Gasteiger partial charge in [-0.3, -0.25) is 0 Å². The van der Waals surface area contributed by atoms with Gasteiger partial charge in [-0.15, -0.1) is 0 Å². The van der Waals surface area contributed by atoms with Crippen LogP contribution in [0.2, 0.25) is 0 Å². The van der Waals surface area contributed by atoms with Crippen LogP contribution in [0.1, 0.15) is 0 Å². The van der Waals surface area contributed by atoms with E-state index in [1.807, 2.05) is 60.7 Å². The standard InChI is InChI=1S/C18H22N2O3/c1-20(13-15-23-17-10-6-3-7-11-17)18(21)19-12-14-22-16-8-4-2-5-9-16/h2-11H,12-15H2,1H3,(H,19,21). The molecule has 0 bridgehead atoms. The molecule has 0 atom stereocenters. The van der Waals surface area contributed by atoms with Gasteiger partial charge >= 0.3 is 6.03 Å². The Morgan fingerprint density at radius 3 is 2.00 bits per heavy atom. The summed E-state index contributed by atoms with van der Waals surface area (Å²) in [6.07, 6.45) is 0. The van der Waals surface area contributed by atoms with Crippen molar-refractivity contribution in [2.75, 3.05) is 33.4 Å². The van der Waals surface area contributed by atoms with E-state index < -0.39 is 0 Å². The van der Waals surface area contributed by atoms with Crippen LogP contribution in [0, 0.1) is 0 Å². The second-order valence-electron chi connectivity index (χ2n) is 4.98. The van der Waals surface area contributed by atoms with E-state index in [-0.39, 0.29) is 6.03 Å². The van der Waals surface area contributed by atoms with Gasteiger partial charge in [-0.1, -0.05) is 36.4 Å². The molecule has 2 aromatic rings. The molecule has 0 aromatic heterocycles. The van der Waals surface area contributed by atoms with Gasteiger partial charge in [0.25, 0.3) is 0 Å². The Morgan fingerprint density at radius 1 is 0.913 bits per heavy atom. The SMILES string of the molecule is CN(CCOc1ccccc1)C(=O)NCCOc1ccccc1. The zero-order chi connectivity index (χ0) is 16.3. The maximum atomic E-state index is 11.9. The number of benzene rings is 2. The number of likely N-dealkylation sites (N-methyl/N-ethyl adjacent to an activating group) is 1. The van der Waals surface area contributed by atoms with Gasteiger partial charge < -0.3 is 19.7 Å². The lowest BCUT2D eigenvalue weighted by Crippen LogP contribution is -2.40. The molecule has 0 spiro atoms. The molecule has 0 radical (unpaired) electrons. The largest absolute Gasteiger partial charge is 0.492 e. The van der Waals surface area contributed by atoms with Crippen molar-refractivity contribution in [2.24, 2.45) is 0 Å². The lowest BCUT2D eigenvalue weighted by molar-refractivity contribution is 0.192. The first-order valence-electron chi connectivity index (χ1n) is 7.60. The molecule has 0 heterocycles. The number of rotatable bonds is 8. The summed E-state index contributed by atoms with van der Waals surface area (Å²) < 4.78 is 11.1. The summed E-state index contributed by atoms with van der Waals surface area (Å²) in [5.74, 6) is 1.60. The molecule has 0 aliphatic carbocycles. The van der Waals surface area contributed by atoms with Gasteiger partial charge in [0.05, 0.1) is 13.1 Å². The second kappa shape index (κ2) is 9.35. The summed E-state index contributed by atoms with van der Waals surface area (Å²) in [5.41, 5.74) is 0. The first-order chi connectivity index (χ1) is 11.3. The van der Waals surface area contributed by atoms with Crippen molar-refractivity contribution >= 4 is 6.03 Å². The molecule has 0 fully saturated rings. The molecule has 0 aliphatic heterocycles. The van der Waals surface area contributed by atoms with Crippen LogP contribution in [0.4, 0.5) is 4.79 Å². The molecule has 0 saturated heterocycles. The highest BCUT2D eigenvalue weighted by molar-refractivity contribution is 5.73. The van der Waals surface area contributed by atoms with Gasteiger partial charge in [-0.05, 0) is 24.3 Å². The summed E-state index contributed by atoms with van der Waals surface area (Å²) in [6, 6.07) is 18.9. The van der Waals surface area contributed by atoms with Crippen molar-refractivity contribution in [3.05, 3.63) is 60.7 Å². The number of carbonyl (C=O) groups excluding carboxylic acids is 1. The Balaban J connectivity index is 1.57. The Hall–Kier alpha value is -2.69. The zero-order valence-corrected chi connectivity index (χ0v) is 13.3. The summed E-state index contributed by atoms with van der Waals surface area (Å²) in [6.45, 7) is 1.86. The number of nitrogens with zero attached hydrogens (tertiary/aromatic N) is 1. The van der Waals surface area contributed by atoms with Crippen molar-refractivity contribution in [2.45, 2.75) is 0 Å². The van der Waals surface area contributed by atoms with Gasteiger partial charge in [-0.25, -0.2) is 4.79 Å². The lowest BCUT2D eigenvalue weighted by atomic mass is 10.3. The minimum Gasteiger partial charge on any atom is -0.492 e. The minimum atomic E-state index is -0.140. The monoisotopic (exact) mass is 314 g/mol. The molecule has 1 N–H and O–H groups in total. The van der Waals surface area contributed by atoms with Crippen LogP contribution in [0.15, 0.2) is 60.7 Å². The number of carbonyl (C=O) groups is 1. The number of hydrogen-bond donors (Lipinski definition) is 1. The lowest BCUT2D eigenvalue weighted by Gasteiger charge is -2.18. The highest BCUT2D eigenvalue weighted by Crippen LogP contribution is 2.08. The van der Waals surface area contributed by atoms with Crippen LogP contribution in [0.25, 0.3) is 0 Å². The first-order valence-corrected chi connectivity index (χ1v) is 7.60.